The van der Waals surface area contributed by atoms with Gasteiger partial charge in [0.15, 0.2) is 5.82 Å². The van der Waals surface area contributed by atoms with Crippen molar-refractivity contribution in [2.45, 2.75) is 6.92 Å². The van der Waals surface area contributed by atoms with Crippen molar-refractivity contribution in [2.24, 2.45) is 7.05 Å². The molecule has 0 fully saturated rings. The second-order valence-electron chi connectivity index (χ2n) is 2.63. The quantitative estimate of drug-likeness (QED) is 0.649. The second-order valence-corrected chi connectivity index (χ2v) is 2.63. The first-order valence-corrected chi connectivity index (χ1v) is 3.64. The van der Waals surface area contributed by atoms with Crippen LogP contribution in [0.3, 0.4) is 0 Å². The van der Waals surface area contributed by atoms with E-state index in [-0.39, 0.29) is 0 Å². The number of rotatable bonds is 2. The summed E-state index contributed by atoms with van der Waals surface area (Å²) in [4.78, 5) is 5.00. The van der Waals surface area contributed by atoms with Gasteiger partial charge in [0, 0.05) is 14.1 Å². The number of aryl methyl sites for hydroxylation is 2. The van der Waals surface area contributed by atoms with E-state index in [1.54, 1.807) is 23.9 Å². The normalized spacial score (nSPS) is 10.3. The summed E-state index contributed by atoms with van der Waals surface area (Å²) in [5.41, 5.74) is 7.25. The van der Waals surface area contributed by atoms with Crippen molar-refractivity contribution in [3.63, 3.8) is 0 Å². The van der Waals surface area contributed by atoms with E-state index in [2.05, 4.69) is 5.10 Å². The standard InChI is InChI=1S/C7H14N4O/c1-5-6(8)7(10(2)9-5)11(3)12-4/h8H2,1-4H3. The lowest BCUT2D eigenvalue weighted by Crippen LogP contribution is -2.19. The van der Waals surface area contributed by atoms with Gasteiger partial charge in [0.05, 0.1) is 18.5 Å². The first-order valence-electron chi connectivity index (χ1n) is 3.64. The second kappa shape index (κ2) is 3.02. The Morgan fingerprint density at radius 3 is 2.50 bits per heavy atom. The maximum Gasteiger partial charge on any atom is 0.174 e. The molecule has 5 heteroatoms. The zero-order valence-electron chi connectivity index (χ0n) is 7.83. The van der Waals surface area contributed by atoms with Crippen LogP contribution in [0.15, 0.2) is 0 Å². The van der Waals surface area contributed by atoms with E-state index in [0.29, 0.717) is 5.69 Å². The maximum absolute atomic E-state index is 5.77. The molecule has 68 valence electrons. The Labute approximate surface area is 71.7 Å². The van der Waals surface area contributed by atoms with Crippen LogP contribution in [0.1, 0.15) is 5.69 Å². The average molecular weight is 170 g/mol. The Kier molecular flexibility index (Phi) is 2.23. The van der Waals surface area contributed by atoms with Crippen LogP contribution in [-0.4, -0.2) is 23.9 Å². The van der Waals surface area contributed by atoms with E-state index in [1.807, 2.05) is 14.0 Å². The molecule has 0 radical (unpaired) electrons. The Morgan fingerprint density at radius 1 is 1.58 bits per heavy atom. The first-order chi connectivity index (χ1) is 5.57. The molecule has 0 atom stereocenters. The van der Waals surface area contributed by atoms with Crippen molar-refractivity contribution >= 4 is 11.5 Å². The molecule has 5 nitrogen and oxygen atoms in total. The largest absolute Gasteiger partial charge is 0.394 e. The molecule has 0 saturated carbocycles. The van der Waals surface area contributed by atoms with Gasteiger partial charge in [-0.3, -0.25) is 4.84 Å². The van der Waals surface area contributed by atoms with Gasteiger partial charge in [0.25, 0.3) is 0 Å². The highest BCUT2D eigenvalue weighted by Gasteiger charge is 2.13. The highest BCUT2D eigenvalue weighted by atomic mass is 16.7. The number of aromatic nitrogens is 2. The monoisotopic (exact) mass is 170 g/mol. The van der Waals surface area contributed by atoms with Crippen LogP contribution in [0.4, 0.5) is 11.5 Å². The van der Waals surface area contributed by atoms with Gasteiger partial charge in [0.2, 0.25) is 0 Å². The lowest BCUT2D eigenvalue weighted by Gasteiger charge is -2.15. The van der Waals surface area contributed by atoms with Crippen LogP contribution in [0, 0.1) is 6.92 Å². The van der Waals surface area contributed by atoms with Crippen LogP contribution in [-0.2, 0) is 11.9 Å². The molecule has 1 heterocycles. The molecule has 0 amide bonds. The topological polar surface area (TPSA) is 56.3 Å². The Hall–Kier alpha value is -1.23. The number of nitrogens with two attached hydrogens (primary N) is 1. The molecule has 0 aliphatic carbocycles. The van der Waals surface area contributed by atoms with Gasteiger partial charge in [0.1, 0.15) is 0 Å². The number of nitrogen functional groups attached to an aromatic ring is 1. The van der Waals surface area contributed by atoms with E-state index in [1.165, 1.54) is 0 Å². The summed E-state index contributed by atoms with van der Waals surface area (Å²) in [6.07, 6.45) is 0. The van der Waals surface area contributed by atoms with Crippen molar-refractivity contribution in [2.75, 3.05) is 25.0 Å². The summed E-state index contributed by atoms with van der Waals surface area (Å²) in [6, 6.07) is 0. The summed E-state index contributed by atoms with van der Waals surface area (Å²) in [7, 11) is 5.20. The van der Waals surface area contributed by atoms with Gasteiger partial charge >= 0.3 is 0 Å². The van der Waals surface area contributed by atoms with Crippen molar-refractivity contribution in [1.82, 2.24) is 9.78 Å². The van der Waals surface area contributed by atoms with Crippen molar-refractivity contribution in [3.05, 3.63) is 5.69 Å². The van der Waals surface area contributed by atoms with Crippen LogP contribution in [0.25, 0.3) is 0 Å². The van der Waals surface area contributed by atoms with Crippen LogP contribution < -0.4 is 10.8 Å². The van der Waals surface area contributed by atoms with Crippen molar-refractivity contribution < 1.29 is 4.84 Å². The zero-order valence-corrected chi connectivity index (χ0v) is 7.83. The molecule has 0 bridgehead atoms. The maximum atomic E-state index is 5.77. The highest BCUT2D eigenvalue weighted by molar-refractivity contribution is 5.64. The lowest BCUT2D eigenvalue weighted by molar-refractivity contribution is 0.180. The number of hydrogen-bond donors (Lipinski definition) is 1. The molecule has 1 aromatic heterocycles. The van der Waals surface area contributed by atoms with Gasteiger partial charge in [-0.05, 0) is 6.92 Å². The summed E-state index contributed by atoms with van der Waals surface area (Å²) >= 11 is 0. The Bertz CT molecular complexity index is 281. The van der Waals surface area contributed by atoms with Crippen LogP contribution in [0.2, 0.25) is 0 Å². The fourth-order valence-electron chi connectivity index (χ4n) is 1.12. The third-order valence-corrected chi connectivity index (χ3v) is 1.81. The fourth-order valence-corrected chi connectivity index (χ4v) is 1.12. The average Bonchev–Trinajstić information content (AvgIpc) is 2.26. The minimum Gasteiger partial charge on any atom is -0.394 e. The summed E-state index contributed by atoms with van der Waals surface area (Å²) < 4.78 is 1.69. The summed E-state index contributed by atoms with van der Waals surface area (Å²) in [5.74, 6) is 0.773. The molecule has 1 aromatic rings. The zero-order chi connectivity index (χ0) is 9.30. The molecule has 0 unspecified atom stereocenters. The molecular weight excluding hydrogens is 156 g/mol. The van der Waals surface area contributed by atoms with E-state index < -0.39 is 0 Å². The van der Waals surface area contributed by atoms with Crippen molar-refractivity contribution in [3.8, 4) is 0 Å². The molecular formula is C7H14N4O. The number of hydrogen-bond acceptors (Lipinski definition) is 4. The Balaban J connectivity index is 3.13. The lowest BCUT2D eigenvalue weighted by atomic mass is 10.4. The predicted molar refractivity (Wildman–Crippen MR) is 47.8 cm³/mol. The van der Waals surface area contributed by atoms with E-state index in [0.717, 1.165) is 11.5 Å². The molecule has 2 N–H and O–H groups in total. The Morgan fingerprint density at radius 2 is 2.17 bits per heavy atom. The van der Waals surface area contributed by atoms with E-state index in [4.69, 9.17) is 10.6 Å². The summed E-state index contributed by atoms with van der Waals surface area (Å²) in [6.45, 7) is 1.86. The molecule has 1 rings (SSSR count). The van der Waals surface area contributed by atoms with Gasteiger partial charge in [-0.2, -0.15) is 5.10 Å². The van der Waals surface area contributed by atoms with Gasteiger partial charge in [-0.1, -0.05) is 0 Å². The van der Waals surface area contributed by atoms with Crippen molar-refractivity contribution in [1.29, 1.82) is 0 Å². The van der Waals surface area contributed by atoms with E-state index >= 15 is 0 Å². The number of anilines is 2. The molecule has 0 aliphatic heterocycles. The molecule has 0 saturated heterocycles. The molecule has 0 aliphatic rings. The molecule has 0 spiro atoms. The molecule has 12 heavy (non-hydrogen) atoms. The van der Waals surface area contributed by atoms with Crippen LogP contribution >= 0.6 is 0 Å². The highest BCUT2D eigenvalue weighted by Crippen LogP contribution is 2.23. The van der Waals surface area contributed by atoms with Gasteiger partial charge in [-0.15, -0.1) is 0 Å². The smallest absolute Gasteiger partial charge is 0.174 e. The molecule has 0 aromatic carbocycles. The third kappa shape index (κ3) is 1.23. The SMILES string of the molecule is CON(C)c1c(N)c(C)nn1C. The minimum absolute atomic E-state index is 0.654. The number of hydroxylamine groups is 1. The van der Waals surface area contributed by atoms with Gasteiger partial charge in [-0.25, -0.2) is 9.75 Å². The van der Waals surface area contributed by atoms with E-state index in [9.17, 15) is 0 Å². The summed E-state index contributed by atoms with van der Waals surface area (Å²) in [5, 5.41) is 5.73. The third-order valence-electron chi connectivity index (χ3n) is 1.81. The first kappa shape index (κ1) is 8.86. The minimum atomic E-state index is 0.654. The predicted octanol–water partition coefficient (Wildman–Crippen LogP) is 0.308. The van der Waals surface area contributed by atoms with Gasteiger partial charge < -0.3 is 5.73 Å². The van der Waals surface area contributed by atoms with Crippen LogP contribution in [0.5, 0.6) is 0 Å². The fraction of sp³-hybridized carbons (Fsp3) is 0.571. The number of nitrogens with zero attached hydrogens (tertiary/aromatic N) is 3.